The molecule has 2 N–H and O–H groups in total. The highest BCUT2D eigenvalue weighted by molar-refractivity contribution is 5.70. The number of nitro groups is 1. The lowest BCUT2D eigenvalue weighted by molar-refractivity contribution is -0.384. The van der Waals surface area contributed by atoms with Crippen molar-refractivity contribution in [1.29, 1.82) is 0 Å². The Labute approximate surface area is 211 Å². The van der Waals surface area contributed by atoms with Crippen LogP contribution in [0.2, 0.25) is 0 Å². The summed E-state index contributed by atoms with van der Waals surface area (Å²) in [7, 11) is 0. The van der Waals surface area contributed by atoms with Crippen LogP contribution in [0.3, 0.4) is 0 Å². The van der Waals surface area contributed by atoms with E-state index in [0.717, 1.165) is 55.0 Å². The lowest BCUT2D eigenvalue weighted by Gasteiger charge is -2.31. The summed E-state index contributed by atoms with van der Waals surface area (Å²) in [6, 6.07) is 32.0. The molecule has 6 rings (SSSR count). The van der Waals surface area contributed by atoms with Gasteiger partial charge in [0.1, 0.15) is 0 Å². The summed E-state index contributed by atoms with van der Waals surface area (Å²) in [6.45, 7) is 2.04. The van der Waals surface area contributed by atoms with Gasteiger partial charge in [-0.1, -0.05) is 36.4 Å². The maximum Gasteiger partial charge on any atom is 0.269 e. The van der Waals surface area contributed by atoms with Gasteiger partial charge in [0.15, 0.2) is 0 Å². The molecular weight excluding hydrogens is 448 g/mol. The minimum absolute atomic E-state index is 0.175. The molecule has 0 fully saturated rings. The van der Waals surface area contributed by atoms with Gasteiger partial charge in [-0.2, -0.15) is 0 Å². The fourth-order valence-electron chi connectivity index (χ4n) is 5.07. The van der Waals surface area contributed by atoms with Crippen LogP contribution in [0.25, 0.3) is 0 Å². The van der Waals surface area contributed by atoms with Crippen molar-refractivity contribution in [1.82, 2.24) is 0 Å². The number of aryl methyl sites for hydroxylation is 2. The molecule has 2 aliphatic heterocycles. The summed E-state index contributed by atoms with van der Waals surface area (Å²) >= 11 is 0. The number of nitro benzene ring substituents is 1. The van der Waals surface area contributed by atoms with Crippen molar-refractivity contribution in [2.45, 2.75) is 25.7 Å². The van der Waals surface area contributed by atoms with E-state index in [1.54, 1.807) is 12.1 Å². The Morgan fingerprint density at radius 1 is 0.667 bits per heavy atom. The van der Waals surface area contributed by atoms with Crippen LogP contribution in [-0.2, 0) is 12.8 Å². The van der Waals surface area contributed by atoms with Crippen LogP contribution in [0.4, 0.5) is 34.1 Å². The molecule has 2 aliphatic rings. The zero-order valence-corrected chi connectivity index (χ0v) is 20.2. The van der Waals surface area contributed by atoms with Gasteiger partial charge in [0.05, 0.1) is 4.92 Å². The highest BCUT2D eigenvalue weighted by atomic mass is 16.6. The predicted molar refractivity (Wildman–Crippen MR) is 147 cm³/mol. The van der Waals surface area contributed by atoms with Crippen LogP contribution in [0, 0.1) is 10.1 Å². The second kappa shape index (κ2) is 10.5. The number of nitrogens with two attached hydrogens (primary N) is 1. The molecule has 0 aliphatic carbocycles. The van der Waals surface area contributed by atoms with Crippen LogP contribution in [0.5, 0.6) is 0 Å². The lowest BCUT2D eigenvalue weighted by Crippen LogP contribution is -2.24. The topological polar surface area (TPSA) is 75.6 Å². The predicted octanol–water partition coefficient (Wildman–Crippen LogP) is 7.03. The number of hydrogen-bond acceptors (Lipinski definition) is 5. The molecule has 4 aromatic carbocycles. The number of fused-ring (bicyclic) bond motifs is 2. The maximum absolute atomic E-state index is 10.8. The average molecular weight is 479 g/mol. The van der Waals surface area contributed by atoms with Crippen molar-refractivity contribution in [2.24, 2.45) is 0 Å². The number of nitrogens with zero attached hydrogens (tertiary/aromatic N) is 3. The monoisotopic (exact) mass is 478 g/mol. The van der Waals surface area contributed by atoms with E-state index in [2.05, 4.69) is 64.4 Å². The highest BCUT2D eigenvalue weighted by Crippen LogP contribution is 2.36. The molecule has 0 aromatic heterocycles. The number of rotatable bonds is 3. The van der Waals surface area contributed by atoms with Crippen LogP contribution in [0.1, 0.15) is 24.0 Å². The SMILES string of the molecule is Nc1ccc2c(c1)CCCN2c1ccccc1.O=[N+]([O-])c1ccc2c(c1)CCCN2c1ccccc1. The van der Waals surface area contributed by atoms with Gasteiger partial charge in [0, 0.05) is 53.7 Å². The third kappa shape index (κ3) is 5.03. The van der Waals surface area contributed by atoms with E-state index < -0.39 is 0 Å². The number of hydrogen-bond donors (Lipinski definition) is 1. The Morgan fingerprint density at radius 2 is 1.17 bits per heavy atom. The Morgan fingerprint density at radius 3 is 1.69 bits per heavy atom. The smallest absolute Gasteiger partial charge is 0.269 e. The minimum Gasteiger partial charge on any atom is -0.399 e. The standard InChI is InChI=1S/C15H14N2O2.C15H16N2/c18-17(19)14-8-9-15-12(11-14)5-4-10-16(15)13-6-2-1-3-7-13;16-13-8-9-15-12(11-13)5-4-10-17(15)14-6-2-1-3-7-14/h1-3,6-9,11H,4-5,10H2;1-3,6-9,11H,4-5,10,16H2. The van der Waals surface area contributed by atoms with E-state index in [1.165, 1.54) is 23.4 Å². The van der Waals surface area contributed by atoms with Gasteiger partial charge in [-0.15, -0.1) is 0 Å². The number of non-ortho nitro benzene ring substituents is 1. The molecule has 0 amide bonds. The normalized spacial score (nSPS) is 14.2. The molecular formula is C30H30N4O2. The van der Waals surface area contributed by atoms with Gasteiger partial charge in [-0.25, -0.2) is 0 Å². The van der Waals surface area contributed by atoms with E-state index in [0.29, 0.717) is 0 Å². The van der Waals surface area contributed by atoms with Crippen molar-refractivity contribution in [3.8, 4) is 0 Å². The van der Waals surface area contributed by atoms with E-state index in [1.807, 2.05) is 30.3 Å². The molecule has 0 saturated carbocycles. The minimum atomic E-state index is -0.332. The second-order valence-corrected chi connectivity index (χ2v) is 9.14. The zero-order chi connectivity index (χ0) is 24.9. The molecule has 0 atom stereocenters. The molecule has 6 nitrogen and oxygen atoms in total. The third-order valence-electron chi connectivity index (χ3n) is 6.75. The van der Waals surface area contributed by atoms with E-state index in [4.69, 9.17) is 5.73 Å². The van der Waals surface area contributed by atoms with Crippen LogP contribution >= 0.6 is 0 Å². The van der Waals surface area contributed by atoms with Crippen LogP contribution < -0.4 is 15.5 Å². The van der Waals surface area contributed by atoms with E-state index in [9.17, 15) is 10.1 Å². The fourth-order valence-corrected chi connectivity index (χ4v) is 5.07. The Bertz CT molecular complexity index is 1340. The molecule has 36 heavy (non-hydrogen) atoms. The first-order chi connectivity index (χ1) is 17.6. The average Bonchev–Trinajstić information content (AvgIpc) is 2.93. The van der Waals surface area contributed by atoms with E-state index in [-0.39, 0.29) is 10.6 Å². The number of para-hydroxylation sites is 2. The summed E-state index contributed by atoms with van der Waals surface area (Å²) in [4.78, 5) is 15.1. The van der Waals surface area contributed by atoms with Crippen LogP contribution in [-0.4, -0.2) is 18.0 Å². The van der Waals surface area contributed by atoms with Gasteiger partial charge in [0.2, 0.25) is 0 Å². The summed E-state index contributed by atoms with van der Waals surface area (Å²) < 4.78 is 0. The first-order valence-electron chi connectivity index (χ1n) is 12.4. The third-order valence-corrected chi connectivity index (χ3v) is 6.75. The molecule has 2 heterocycles. The molecule has 0 spiro atoms. The fraction of sp³-hybridized carbons (Fsp3) is 0.200. The zero-order valence-electron chi connectivity index (χ0n) is 20.2. The lowest BCUT2D eigenvalue weighted by atomic mass is 10.0. The summed E-state index contributed by atoms with van der Waals surface area (Å²) in [5.74, 6) is 0. The largest absolute Gasteiger partial charge is 0.399 e. The van der Waals surface area contributed by atoms with Crippen molar-refractivity contribution < 1.29 is 4.92 Å². The first kappa shape index (κ1) is 23.4. The van der Waals surface area contributed by atoms with Gasteiger partial charge in [0.25, 0.3) is 5.69 Å². The Hall–Kier alpha value is -4.32. The highest BCUT2D eigenvalue weighted by Gasteiger charge is 2.21. The Balaban J connectivity index is 0.000000149. The van der Waals surface area contributed by atoms with Crippen molar-refractivity contribution in [3.63, 3.8) is 0 Å². The summed E-state index contributed by atoms with van der Waals surface area (Å²) in [5, 5.41) is 10.8. The molecule has 4 aromatic rings. The first-order valence-corrected chi connectivity index (χ1v) is 12.4. The molecule has 0 bridgehead atoms. The van der Waals surface area contributed by atoms with Gasteiger partial charge >= 0.3 is 0 Å². The summed E-state index contributed by atoms with van der Waals surface area (Å²) in [5.41, 5.74) is 14.1. The molecule has 0 saturated heterocycles. The number of anilines is 5. The second-order valence-electron chi connectivity index (χ2n) is 9.14. The van der Waals surface area contributed by atoms with Crippen molar-refractivity contribution in [3.05, 3.63) is 118 Å². The number of benzene rings is 4. The Kier molecular flexibility index (Phi) is 6.85. The molecule has 182 valence electrons. The maximum atomic E-state index is 10.8. The van der Waals surface area contributed by atoms with Crippen molar-refractivity contribution in [2.75, 3.05) is 28.6 Å². The van der Waals surface area contributed by atoms with Gasteiger partial charge < -0.3 is 15.5 Å². The molecule has 6 heteroatoms. The van der Waals surface area contributed by atoms with Gasteiger partial charge in [-0.3, -0.25) is 10.1 Å². The quantitative estimate of drug-likeness (QED) is 0.194. The molecule has 0 radical (unpaired) electrons. The van der Waals surface area contributed by atoms with Crippen LogP contribution in [0.15, 0.2) is 97.1 Å². The van der Waals surface area contributed by atoms with Gasteiger partial charge in [-0.05, 0) is 85.3 Å². The van der Waals surface area contributed by atoms with E-state index >= 15 is 0 Å². The number of nitrogen functional groups attached to an aromatic ring is 1. The molecule has 0 unspecified atom stereocenters. The van der Waals surface area contributed by atoms with Crippen molar-refractivity contribution >= 4 is 34.1 Å². The summed E-state index contributed by atoms with van der Waals surface area (Å²) in [6.07, 6.45) is 4.23.